The topological polar surface area (TPSA) is 85.8 Å². The number of amides is 1. The predicted octanol–water partition coefficient (Wildman–Crippen LogP) is 3.45. The van der Waals surface area contributed by atoms with E-state index in [4.69, 9.17) is 9.47 Å². The minimum Gasteiger partial charge on any atom is -0.486 e. The number of hydrogen-bond donors (Lipinski definition) is 0. The van der Waals surface area contributed by atoms with E-state index in [1.165, 1.54) is 23.5 Å². The van der Waals surface area contributed by atoms with Gasteiger partial charge in [-0.05, 0) is 31.2 Å². The Balaban J connectivity index is 1.42. The Morgan fingerprint density at radius 2 is 1.90 bits per heavy atom. The summed E-state index contributed by atoms with van der Waals surface area (Å²) in [4.78, 5) is 19.0. The summed E-state index contributed by atoms with van der Waals surface area (Å²) in [5.41, 5.74) is 0.895. The number of para-hydroxylation sites is 1. The third kappa shape index (κ3) is 4.13. The van der Waals surface area contributed by atoms with Gasteiger partial charge in [-0.25, -0.2) is 13.4 Å². The molecule has 1 aromatic heterocycles. The van der Waals surface area contributed by atoms with Gasteiger partial charge in [0.05, 0.1) is 26.9 Å². The summed E-state index contributed by atoms with van der Waals surface area (Å²) in [7, 11) is -1.95. The number of nitrogens with zero attached hydrogens (tertiary/aromatic N) is 2. The van der Waals surface area contributed by atoms with Gasteiger partial charge in [0.15, 0.2) is 21.3 Å². The molecule has 1 atom stereocenters. The molecule has 0 aliphatic carbocycles. The quantitative estimate of drug-likeness (QED) is 0.577. The Kier molecular flexibility index (Phi) is 5.66. The number of hydrogen-bond acceptors (Lipinski definition) is 7. The second-order valence-electron chi connectivity index (χ2n) is 7.07. The van der Waals surface area contributed by atoms with Crippen LogP contribution in [0.2, 0.25) is 0 Å². The van der Waals surface area contributed by atoms with Gasteiger partial charge in [0, 0.05) is 19.5 Å². The molecule has 7 nitrogen and oxygen atoms in total. The van der Waals surface area contributed by atoms with Crippen LogP contribution in [0.1, 0.15) is 24.4 Å². The SMILES string of the molecule is C[C@@H](c1nc2ccccc2s1)N(C)C(=O)CCS(=O)(=O)c1ccc2c(c1)OCCO2. The fraction of sp³-hybridized carbons (Fsp3) is 0.333. The Bertz CT molecular complexity index is 1160. The van der Waals surface area contributed by atoms with Crippen molar-refractivity contribution in [1.82, 2.24) is 9.88 Å². The lowest BCUT2D eigenvalue weighted by molar-refractivity contribution is -0.131. The normalized spacial score (nSPS) is 14.5. The van der Waals surface area contributed by atoms with Crippen LogP contribution < -0.4 is 9.47 Å². The lowest BCUT2D eigenvalue weighted by atomic mass is 10.3. The van der Waals surface area contributed by atoms with Crippen LogP contribution in [0.3, 0.4) is 0 Å². The van der Waals surface area contributed by atoms with Gasteiger partial charge in [0.2, 0.25) is 5.91 Å². The summed E-state index contributed by atoms with van der Waals surface area (Å²) in [6, 6.07) is 12.1. The lowest BCUT2D eigenvalue weighted by Crippen LogP contribution is -2.31. The van der Waals surface area contributed by atoms with Gasteiger partial charge in [0.1, 0.15) is 18.2 Å². The summed E-state index contributed by atoms with van der Waals surface area (Å²) < 4.78 is 37.4. The smallest absolute Gasteiger partial charge is 0.223 e. The number of rotatable bonds is 6. The molecular formula is C21H22N2O5S2. The molecule has 2 aromatic carbocycles. The van der Waals surface area contributed by atoms with Crippen molar-refractivity contribution >= 4 is 37.3 Å². The van der Waals surface area contributed by atoms with Crippen molar-refractivity contribution in [2.45, 2.75) is 24.3 Å². The van der Waals surface area contributed by atoms with Crippen LogP contribution in [-0.4, -0.2) is 50.2 Å². The molecule has 0 saturated heterocycles. The van der Waals surface area contributed by atoms with E-state index >= 15 is 0 Å². The summed E-state index contributed by atoms with van der Waals surface area (Å²) >= 11 is 1.54. The number of carbonyl (C=O) groups excluding carboxylic acids is 1. The first-order chi connectivity index (χ1) is 14.3. The summed E-state index contributed by atoms with van der Waals surface area (Å²) in [5, 5.41) is 0.821. The molecule has 1 amide bonds. The number of benzene rings is 2. The number of fused-ring (bicyclic) bond motifs is 2. The Morgan fingerprint density at radius 3 is 2.67 bits per heavy atom. The van der Waals surface area contributed by atoms with E-state index < -0.39 is 9.84 Å². The third-order valence-electron chi connectivity index (χ3n) is 5.10. The Morgan fingerprint density at radius 1 is 1.17 bits per heavy atom. The van der Waals surface area contributed by atoms with Crippen LogP contribution in [0.5, 0.6) is 11.5 Å². The Labute approximate surface area is 179 Å². The van der Waals surface area contributed by atoms with Crippen molar-refractivity contribution in [1.29, 1.82) is 0 Å². The largest absolute Gasteiger partial charge is 0.486 e. The monoisotopic (exact) mass is 446 g/mol. The molecule has 30 heavy (non-hydrogen) atoms. The minimum atomic E-state index is -3.63. The first-order valence-electron chi connectivity index (χ1n) is 9.59. The van der Waals surface area contributed by atoms with Crippen LogP contribution in [0, 0.1) is 0 Å². The summed E-state index contributed by atoms with van der Waals surface area (Å²) in [5.74, 6) is 0.418. The highest BCUT2D eigenvalue weighted by atomic mass is 32.2. The lowest BCUT2D eigenvalue weighted by Gasteiger charge is -2.23. The van der Waals surface area contributed by atoms with Gasteiger partial charge in [-0.15, -0.1) is 11.3 Å². The highest BCUT2D eigenvalue weighted by Crippen LogP contribution is 2.33. The summed E-state index contributed by atoms with van der Waals surface area (Å²) in [6.45, 7) is 2.71. The van der Waals surface area contributed by atoms with E-state index in [1.54, 1.807) is 18.0 Å². The van der Waals surface area contributed by atoms with Crippen LogP contribution >= 0.6 is 11.3 Å². The molecule has 158 valence electrons. The van der Waals surface area contributed by atoms with Crippen LogP contribution in [-0.2, 0) is 14.6 Å². The van der Waals surface area contributed by atoms with Crippen LogP contribution in [0.4, 0.5) is 0 Å². The van der Waals surface area contributed by atoms with Crippen LogP contribution in [0.25, 0.3) is 10.2 Å². The molecule has 3 aromatic rings. The third-order valence-corrected chi connectivity index (χ3v) is 8.02. The van der Waals surface area contributed by atoms with Gasteiger partial charge in [-0.2, -0.15) is 0 Å². The number of ether oxygens (including phenoxy) is 2. The molecule has 0 N–H and O–H groups in total. The molecular weight excluding hydrogens is 424 g/mol. The molecule has 2 heterocycles. The maximum atomic E-state index is 12.7. The summed E-state index contributed by atoms with van der Waals surface area (Å²) in [6.07, 6.45) is -0.109. The molecule has 0 fully saturated rings. The van der Waals surface area contributed by atoms with E-state index in [0.717, 1.165) is 15.2 Å². The zero-order valence-corrected chi connectivity index (χ0v) is 18.3. The van der Waals surface area contributed by atoms with Gasteiger partial charge >= 0.3 is 0 Å². The second-order valence-corrected chi connectivity index (χ2v) is 10.2. The maximum absolute atomic E-state index is 12.7. The van der Waals surface area contributed by atoms with Crippen molar-refractivity contribution in [2.75, 3.05) is 26.0 Å². The minimum absolute atomic E-state index is 0.109. The van der Waals surface area contributed by atoms with Crippen molar-refractivity contribution in [2.24, 2.45) is 0 Å². The van der Waals surface area contributed by atoms with Gasteiger partial charge in [0.25, 0.3) is 0 Å². The van der Waals surface area contributed by atoms with Crippen molar-refractivity contribution in [3.05, 3.63) is 47.5 Å². The van der Waals surface area contributed by atoms with Gasteiger partial charge in [-0.3, -0.25) is 4.79 Å². The molecule has 0 unspecified atom stereocenters. The number of aromatic nitrogens is 1. The molecule has 0 bridgehead atoms. The highest BCUT2D eigenvalue weighted by Gasteiger charge is 2.24. The number of thiazole rings is 1. The maximum Gasteiger partial charge on any atom is 0.223 e. The molecule has 0 saturated carbocycles. The Hall–Kier alpha value is -2.65. The average molecular weight is 447 g/mol. The number of sulfone groups is 1. The fourth-order valence-corrected chi connectivity index (χ4v) is 5.49. The molecule has 1 aliphatic rings. The van der Waals surface area contributed by atoms with Gasteiger partial charge in [-0.1, -0.05) is 12.1 Å². The van der Waals surface area contributed by atoms with E-state index in [2.05, 4.69) is 4.98 Å². The zero-order chi connectivity index (χ0) is 21.3. The van der Waals surface area contributed by atoms with Crippen molar-refractivity contribution in [3.8, 4) is 11.5 Å². The average Bonchev–Trinajstić information content (AvgIpc) is 3.20. The molecule has 1 aliphatic heterocycles. The highest BCUT2D eigenvalue weighted by molar-refractivity contribution is 7.91. The standard InChI is InChI=1S/C21H22N2O5S2/c1-14(21-22-16-5-3-4-6-19(16)29-21)23(2)20(24)9-12-30(25,26)15-7-8-17-18(13-15)28-11-10-27-17/h3-8,13-14H,9-12H2,1-2H3/t14-/m0/s1. The van der Waals surface area contributed by atoms with E-state index in [1.807, 2.05) is 31.2 Å². The predicted molar refractivity (Wildman–Crippen MR) is 115 cm³/mol. The number of carbonyl (C=O) groups is 1. The zero-order valence-electron chi connectivity index (χ0n) is 16.7. The second kappa shape index (κ2) is 8.23. The van der Waals surface area contributed by atoms with Crippen LogP contribution in [0.15, 0.2) is 47.4 Å². The molecule has 4 rings (SSSR count). The van der Waals surface area contributed by atoms with Gasteiger partial charge < -0.3 is 14.4 Å². The van der Waals surface area contributed by atoms with Crippen molar-refractivity contribution in [3.63, 3.8) is 0 Å². The van der Waals surface area contributed by atoms with E-state index in [-0.39, 0.29) is 29.0 Å². The van der Waals surface area contributed by atoms with E-state index in [9.17, 15) is 13.2 Å². The first kappa shape index (κ1) is 20.6. The molecule has 0 spiro atoms. The first-order valence-corrected chi connectivity index (χ1v) is 12.1. The molecule has 0 radical (unpaired) electrons. The molecule has 9 heteroatoms. The fourth-order valence-electron chi connectivity index (χ4n) is 3.18. The van der Waals surface area contributed by atoms with Crippen molar-refractivity contribution < 1.29 is 22.7 Å². The van der Waals surface area contributed by atoms with E-state index in [0.29, 0.717) is 24.7 Å².